The molecule has 0 spiro atoms. The molecule has 1 rings (SSSR count). The van der Waals surface area contributed by atoms with Gasteiger partial charge in [-0.2, -0.15) is 0 Å². The Hall–Kier alpha value is 0.470. The minimum atomic E-state index is 0.348. The van der Waals surface area contributed by atoms with Crippen molar-refractivity contribution in [2.75, 3.05) is 5.33 Å². The lowest BCUT2D eigenvalue weighted by atomic mass is 10.2. The van der Waals surface area contributed by atoms with E-state index in [4.69, 9.17) is 11.6 Å². The maximum absolute atomic E-state index is 5.81. The predicted molar refractivity (Wildman–Crippen MR) is 56.9 cm³/mol. The maximum atomic E-state index is 5.81. The van der Waals surface area contributed by atoms with Crippen molar-refractivity contribution < 1.29 is 0 Å². The molecule has 0 bridgehead atoms. The highest BCUT2D eigenvalue weighted by molar-refractivity contribution is 9.12. The fourth-order valence-corrected chi connectivity index (χ4v) is 1.65. The van der Waals surface area contributed by atoms with Crippen LogP contribution in [0.2, 0.25) is 5.02 Å². The summed E-state index contributed by atoms with van der Waals surface area (Å²) in [5.41, 5.74) is 1.20. The van der Waals surface area contributed by atoms with Crippen LogP contribution in [0.4, 0.5) is 0 Å². The third-order valence-corrected chi connectivity index (χ3v) is 3.95. The monoisotopic (exact) mass is 296 g/mol. The van der Waals surface area contributed by atoms with Gasteiger partial charge in [-0.1, -0.05) is 55.6 Å². The van der Waals surface area contributed by atoms with Crippen LogP contribution in [-0.4, -0.2) is 5.33 Å². The van der Waals surface area contributed by atoms with Gasteiger partial charge in [-0.25, -0.2) is 0 Å². The standard InChI is InChI=1S/C8H7Br2Cl/c9-5-8(10)6-2-1-3-7(11)4-6/h1-4,8H,5H2. The van der Waals surface area contributed by atoms with Gasteiger partial charge in [0.05, 0.1) is 0 Å². The van der Waals surface area contributed by atoms with Gasteiger partial charge in [0.15, 0.2) is 0 Å². The zero-order valence-corrected chi connectivity index (χ0v) is 9.66. The number of halogens is 3. The quantitative estimate of drug-likeness (QED) is 0.719. The molecule has 0 aromatic heterocycles. The predicted octanol–water partition coefficient (Wildman–Crippen LogP) is 4.17. The van der Waals surface area contributed by atoms with Crippen LogP contribution in [-0.2, 0) is 0 Å². The smallest absolute Gasteiger partial charge is 0.0492 e. The second-order valence-electron chi connectivity index (χ2n) is 2.18. The Balaban J connectivity index is 2.86. The molecule has 0 amide bonds. The van der Waals surface area contributed by atoms with Gasteiger partial charge < -0.3 is 0 Å². The molecule has 0 nitrogen and oxygen atoms in total. The van der Waals surface area contributed by atoms with E-state index < -0.39 is 0 Å². The topological polar surface area (TPSA) is 0 Å². The number of hydrogen-bond donors (Lipinski definition) is 0. The molecule has 3 heteroatoms. The molecule has 0 saturated heterocycles. The first-order valence-corrected chi connectivity index (χ1v) is 5.61. The van der Waals surface area contributed by atoms with Crippen LogP contribution in [0.15, 0.2) is 24.3 Å². The SMILES string of the molecule is Clc1cccc(C(Br)CBr)c1. The van der Waals surface area contributed by atoms with E-state index in [1.54, 1.807) is 0 Å². The van der Waals surface area contributed by atoms with Crippen LogP contribution in [0.3, 0.4) is 0 Å². The van der Waals surface area contributed by atoms with Crippen LogP contribution < -0.4 is 0 Å². The molecule has 11 heavy (non-hydrogen) atoms. The van der Waals surface area contributed by atoms with Crippen molar-refractivity contribution in [3.8, 4) is 0 Å². The number of rotatable bonds is 2. The molecule has 0 radical (unpaired) electrons. The van der Waals surface area contributed by atoms with Crippen molar-refractivity contribution in [3.05, 3.63) is 34.9 Å². The first-order chi connectivity index (χ1) is 5.24. The van der Waals surface area contributed by atoms with Gasteiger partial charge in [-0.15, -0.1) is 0 Å². The summed E-state index contributed by atoms with van der Waals surface area (Å²) in [7, 11) is 0. The van der Waals surface area contributed by atoms with Gasteiger partial charge in [0, 0.05) is 15.2 Å². The lowest BCUT2D eigenvalue weighted by Crippen LogP contribution is -1.89. The zero-order chi connectivity index (χ0) is 8.27. The second-order valence-corrected chi connectivity index (χ2v) is 4.37. The zero-order valence-electron chi connectivity index (χ0n) is 5.73. The van der Waals surface area contributed by atoms with Gasteiger partial charge in [-0.05, 0) is 17.7 Å². The average molecular weight is 298 g/mol. The van der Waals surface area contributed by atoms with E-state index in [0.717, 1.165) is 10.4 Å². The van der Waals surface area contributed by atoms with Gasteiger partial charge in [0.2, 0.25) is 0 Å². The third kappa shape index (κ3) is 2.77. The number of benzene rings is 1. The average Bonchev–Trinajstić information content (AvgIpc) is 2.03. The van der Waals surface area contributed by atoms with E-state index in [9.17, 15) is 0 Å². The molecule has 0 saturated carbocycles. The Kier molecular flexibility index (Phi) is 3.90. The molecule has 0 aliphatic heterocycles. The van der Waals surface area contributed by atoms with Crippen molar-refractivity contribution in [2.24, 2.45) is 0 Å². The highest BCUT2D eigenvalue weighted by atomic mass is 79.9. The van der Waals surface area contributed by atoms with Crippen LogP contribution in [0, 0.1) is 0 Å². The molecular weight excluding hydrogens is 291 g/mol. The summed E-state index contributed by atoms with van der Waals surface area (Å²) in [6.07, 6.45) is 0. The van der Waals surface area contributed by atoms with Crippen molar-refractivity contribution in [1.29, 1.82) is 0 Å². The Morgan fingerprint density at radius 2 is 2.18 bits per heavy atom. The lowest BCUT2D eigenvalue weighted by molar-refractivity contribution is 1.15. The van der Waals surface area contributed by atoms with E-state index in [0.29, 0.717) is 4.83 Å². The fourth-order valence-electron chi connectivity index (χ4n) is 0.791. The maximum Gasteiger partial charge on any atom is 0.0492 e. The summed E-state index contributed by atoms with van der Waals surface area (Å²) in [5, 5.41) is 1.68. The largest absolute Gasteiger partial charge is 0.0912 e. The molecule has 1 atom stereocenters. The van der Waals surface area contributed by atoms with Gasteiger partial charge >= 0.3 is 0 Å². The van der Waals surface area contributed by atoms with Gasteiger partial charge in [0.25, 0.3) is 0 Å². The first-order valence-electron chi connectivity index (χ1n) is 3.19. The van der Waals surface area contributed by atoms with Crippen molar-refractivity contribution in [2.45, 2.75) is 4.83 Å². The van der Waals surface area contributed by atoms with Crippen LogP contribution >= 0.6 is 43.5 Å². The third-order valence-electron chi connectivity index (χ3n) is 1.35. The molecule has 0 aliphatic rings. The highest BCUT2D eigenvalue weighted by Gasteiger charge is 2.04. The lowest BCUT2D eigenvalue weighted by Gasteiger charge is -2.05. The first kappa shape index (κ1) is 9.56. The second kappa shape index (κ2) is 4.48. The Bertz CT molecular complexity index is 237. The summed E-state index contributed by atoms with van der Waals surface area (Å²) in [6.45, 7) is 0. The molecule has 1 aromatic rings. The Morgan fingerprint density at radius 3 is 2.73 bits per heavy atom. The Morgan fingerprint density at radius 1 is 1.45 bits per heavy atom. The fraction of sp³-hybridized carbons (Fsp3) is 0.250. The minimum Gasteiger partial charge on any atom is -0.0912 e. The summed E-state index contributed by atoms with van der Waals surface area (Å²) < 4.78 is 0. The van der Waals surface area contributed by atoms with E-state index >= 15 is 0 Å². The Labute approximate surface area is 88.2 Å². The van der Waals surface area contributed by atoms with Gasteiger partial charge in [0.1, 0.15) is 0 Å². The minimum absolute atomic E-state index is 0.348. The van der Waals surface area contributed by atoms with Crippen LogP contribution in [0.5, 0.6) is 0 Å². The number of hydrogen-bond acceptors (Lipinski definition) is 0. The number of alkyl halides is 2. The normalized spacial score (nSPS) is 13.0. The molecule has 0 aliphatic carbocycles. The van der Waals surface area contributed by atoms with Crippen LogP contribution in [0.25, 0.3) is 0 Å². The van der Waals surface area contributed by atoms with E-state index in [-0.39, 0.29) is 0 Å². The summed E-state index contributed by atoms with van der Waals surface area (Å²) in [6, 6.07) is 7.84. The van der Waals surface area contributed by atoms with Crippen molar-refractivity contribution >= 4 is 43.5 Å². The molecular formula is C8H7Br2Cl. The molecule has 0 N–H and O–H groups in total. The summed E-state index contributed by atoms with van der Waals surface area (Å²) in [4.78, 5) is 0.348. The molecule has 1 aromatic carbocycles. The van der Waals surface area contributed by atoms with Crippen LogP contribution in [0.1, 0.15) is 10.4 Å². The van der Waals surface area contributed by atoms with E-state index in [1.165, 1.54) is 5.56 Å². The van der Waals surface area contributed by atoms with E-state index in [1.807, 2.05) is 24.3 Å². The molecule has 1 unspecified atom stereocenters. The van der Waals surface area contributed by atoms with Crippen molar-refractivity contribution in [3.63, 3.8) is 0 Å². The molecule has 60 valence electrons. The summed E-state index contributed by atoms with van der Waals surface area (Å²) >= 11 is 12.7. The van der Waals surface area contributed by atoms with Crippen molar-refractivity contribution in [1.82, 2.24) is 0 Å². The summed E-state index contributed by atoms with van der Waals surface area (Å²) in [5.74, 6) is 0. The van der Waals surface area contributed by atoms with Gasteiger partial charge in [-0.3, -0.25) is 0 Å². The highest BCUT2D eigenvalue weighted by Crippen LogP contribution is 2.26. The molecule has 0 fully saturated rings. The molecule has 0 heterocycles. The van der Waals surface area contributed by atoms with E-state index in [2.05, 4.69) is 31.9 Å².